The molecule has 0 amide bonds. The Morgan fingerprint density at radius 3 is 0.695 bits per heavy atom. The lowest BCUT2D eigenvalue weighted by Gasteiger charge is -2.21. The van der Waals surface area contributed by atoms with Crippen LogP contribution in [0.3, 0.4) is 0 Å². The third-order valence-electron chi connectivity index (χ3n) is 19.7. The van der Waals surface area contributed by atoms with Crippen molar-refractivity contribution in [1.82, 2.24) is 0 Å². The summed E-state index contributed by atoms with van der Waals surface area (Å²) in [4.78, 5) is 73.2. The summed E-state index contributed by atoms with van der Waals surface area (Å²) in [5.74, 6) is -2.13. The molecule has 105 heavy (non-hydrogen) atoms. The highest BCUT2D eigenvalue weighted by Crippen LogP contribution is 2.45. The molecule has 0 aromatic heterocycles. The van der Waals surface area contributed by atoms with E-state index in [9.17, 15) is 43.2 Å². The molecule has 5 atom stereocenters. The predicted molar refractivity (Wildman–Crippen MR) is 432 cm³/mol. The van der Waals surface area contributed by atoms with Crippen LogP contribution < -0.4 is 0 Å². The summed E-state index contributed by atoms with van der Waals surface area (Å²) in [6.45, 7) is 4.99. The van der Waals surface area contributed by atoms with Gasteiger partial charge >= 0.3 is 39.5 Å². The first-order valence-electron chi connectivity index (χ1n) is 44.1. The first-order chi connectivity index (χ1) is 51.2. The van der Waals surface area contributed by atoms with Gasteiger partial charge < -0.3 is 33.8 Å². The maximum atomic E-state index is 13.1. The number of aliphatic hydroxyl groups is 1. The van der Waals surface area contributed by atoms with E-state index in [4.69, 9.17) is 37.0 Å². The number of allylic oxidation sites excluding steroid dienone is 4. The van der Waals surface area contributed by atoms with Crippen LogP contribution in [-0.4, -0.2) is 96.7 Å². The molecular weight excluding hydrogens is 1370 g/mol. The standard InChI is InChI=1S/C86H164O17P2/c1-5-9-13-17-21-25-29-33-36-38-40-41-43-46-49-53-57-61-65-69-73-86(91)103-82(77-97-84(89)71-67-63-59-55-51-47-45-42-39-37-34-30-26-22-18-14-10-6-2)79-101-105(94,95)99-75-80(87)74-98-104(92,93)100-78-81(76-96-83(88)70-66-62-58-54-50-32-28-24-20-16-12-8-4)102-85(90)72-68-64-60-56-52-48-44-35-31-27-23-19-15-11-7-3/h27,31,35,44,80-82,87H,5-26,28-30,32-34,36-43,45-79H2,1-4H3,(H,92,93)(H,94,95)/b31-27-,44-35-/t80-,81+,82+/m0/s1. The van der Waals surface area contributed by atoms with Gasteiger partial charge in [-0.2, -0.15) is 0 Å². The normalized spacial score (nSPS) is 13.9. The monoisotopic (exact) mass is 1530 g/mol. The number of phosphoric acid groups is 2. The lowest BCUT2D eigenvalue weighted by atomic mass is 10.0. The van der Waals surface area contributed by atoms with Crippen molar-refractivity contribution in [3.05, 3.63) is 24.3 Å². The molecule has 17 nitrogen and oxygen atoms in total. The van der Waals surface area contributed by atoms with Gasteiger partial charge in [0.2, 0.25) is 0 Å². The maximum Gasteiger partial charge on any atom is 0.472 e. The Morgan fingerprint density at radius 2 is 0.457 bits per heavy atom. The van der Waals surface area contributed by atoms with E-state index in [1.165, 1.54) is 263 Å². The molecule has 0 bridgehead atoms. The fourth-order valence-corrected chi connectivity index (χ4v) is 14.6. The third kappa shape index (κ3) is 79.4. The SMILES string of the molecule is CCCCCC/C=C\C=C/CCCCCCCC(=O)O[C@H](COC(=O)CCCCCCCCCCCCCC)COP(=O)(O)OC[C@H](O)COP(=O)(O)OC[C@@H](COC(=O)CCCCCCCCCCCCCCCCCCCC)OC(=O)CCCCCCCCCCCCCCCCCCCCCC. The number of hydrogen-bond acceptors (Lipinski definition) is 15. The highest BCUT2D eigenvalue weighted by atomic mass is 31.2. The number of rotatable bonds is 85. The highest BCUT2D eigenvalue weighted by molar-refractivity contribution is 7.47. The number of carbonyl (C=O) groups excluding carboxylic acids is 4. The van der Waals surface area contributed by atoms with Crippen LogP contribution in [0.1, 0.15) is 445 Å². The number of ether oxygens (including phenoxy) is 4. The average Bonchev–Trinajstić information content (AvgIpc) is 0.924. The number of carbonyl (C=O) groups is 4. The average molecular weight is 1530 g/mol. The van der Waals surface area contributed by atoms with Gasteiger partial charge in [-0.3, -0.25) is 37.3 Å². The van der Waals surface area contributed by atoms with E-state index in [0.29, 0.717) is 25.7 Å². The van der Waals surface area contributed by atoms with Gasteiger partial charge in [0.15, 0.2) is 12.2 Å². The van der Waals surface area contributed by atoms with Crippen LogP contribution in [-0.2, 0) is 65.4 Å². The van der Waals surface area contributed by atoms with Gasteiger partial charge in [-0.25, -0.2) is 9.13 Å². The Labute approximate surface area is 643 Å². The molecule has 0 aromatic carbocycles. The van der Waals surface area contributed by atoms with Crippen LogP contribution in [0.25, 0.3) is 0 Å². The Bertz CT molecular complexity index is 2080. The molecule has 0 rings (SSSR count). The van der Waals surface area contributed by atoms with E-state index >= 15 is 0 Å². The van der Waals surface area contributed by atoms with Crippen molar-refractivity contribution < 1.29 is 80.2 Å². The van der Waals surface area contributed by atoms with E-state index in [1.54, 1.807) is 0 Å². The lowest BCUT2D eigenvalue weighted by molar-refractivity contribution is -0.161. The molecule has 0 radical (unpaired) electrons. The Morgan fingerprint density at radius 1 is 0.267 bits per heavy atom. The number of aliphatic hydroxyl groups excluding tert-OH is 1. The molecular formula is C86H164O17P2. The quantitative estimate of drug-likeness (QED) is 0.0169. The molecule has 2 unspecified atom stereocenters. The van der Waals surface area contributed by atoms with Gasteiger partial charge in [-0.15, -0.1) is 0 Å². The third-order valence-corrected chi connectivity index (χ3v) is 21.6. The fourth-order valence-electron chi connectivity index (χ4n) is 13.0. The van der Waals surface area contributed by atoms with Gasteiger partial charge in [0, 0.05) is 25.7 Å². The summed E-state index contributed by atoms with van der Waals surface area (Å²) in [6, 6.07) is 0. The highest BCUT2D eigenvalue weighted by Gasteiger charge is 2.30. The summed E-state index contributed by atoms with van der Waals surface area (Å²) in [7, 11) is -9.94. The topological polar surface area (TPSA) is 237 Å². The Hall–Kier alpha value is -2.46. The minimum absolute atomic E-state index is 0.0861. The van der Waals surface area contributed by atoms with Crippen molar-refractivity contribution in [3.8, 4) is 0 Å². The van der Waals surface area contributed by atoms with Gasteiger partial charge in [0.05, 0.1) is 26.4 Å². The molecule has 0 saturated heterocycles. The molecule has 3 N–H and O–H groups in total. The van der Waals surface area contributed by atoms with Gasteiger partial charge in [0.1, 0.15) is 19.3 Å². The number of phosphoric ester groups is 2. The van der Waals surface area contributed by atoms with E-state index in [1.807, 2.05) is 0 Å². The van der Waals surface area contributed by atoms with E-state index in [-0.39, 0.29) is 25.7 Å². The van der Waals surface area contributed by atoms with Crippen molar-refractivity contribution in [3.63, 3.8) is 0 Å². The van der Waals surface area contributed by atoms with Crippen LogP contribution in [0, 0.1) is 0 Å². The Balaban J connectivity index is 5.28. The summed E-state index contributed by atoms with van der Waals surface area (Å²) in [6.07, 6.45) is 77.1. The van der Waals surface area contributed by atoms with Crippen LogP contribution in [0.2, 0.25) is 0 Å². The maximum absolute atomic E-state index is 13.1. The van der Waals surface area contributed by atoms with E-state index in [2.05, 4.69) is 52.0 Å². The van der Waals surface area contributed by atoms with Crippen LogP contribution >= 0.6 is 15.6 Å². The summed E-state index contributed by atoms with van der Waals surface area (Å²) in [5, 5.41) is 10.7. The van der Waals surface area contributed by atoms with Crippen LogP contribution in [0.15, 0.2) is 24.3 Å². The lowest BCUT2D eigenvalue weighted by Crippen LogP contribution is -2.30. The molecule has 0 fully saturated rings. The molecule has 0 heterocycles. The zero-order valence-corrected chi connectivity index (χ0v) is 70.0. The largest absolute Gasteiger partial charge is 0.472 e. The number of hydrogen-bond donors (Lipinski definition) is 3. The first-order valence-corrected chi connectivity index (χ1v) is 47.1. The molecule has 19 heteroatoms. The van der Waals surface area contributed by atoms with Gasteiger partial charge in [-0.05, 0) is 51.4 Å². The van der Waals surface area contributed by atoms with Crippen molar-refractivity contribution in [1.29, 1.82) is 0 Å². The predicted octanol–water partition coefficient (Wildman–Crippen LogP) is 26.1. The van der Waals surface area contributed by atoms with Gasteiger partial charge in [0.25, 0.3) is 0 Å². The van der Waals surface area contributed by atoms with Crippen LogP contribution in [0.5, 0.6) is 0 Å². The van der Waals surface area contributed by atoms with Gasteiger partial charge in [-0.1, -0.05) is 392 Å². The molecule has 0 aliphatic heterocycles. The van der Waals surface area contributed by atoms with Crippen molar-refractivity contribution in [2.24, 2.45) is 0 Å². The molecule has 0 aromatic rings. The second-order valence-corrected chi connectivity index (χ2v) is 33.1. The van der Waals surface area contributed by atoms with Crippen LogP contribution in [0.4, 0.5) is 0 Å². The second kappa shape index (κ2) is 79.6. The summed E-state index contributed by atoms with van der Waals surface area (Å²) >= 11 is 0. The van der Waals surface area contributed by atoms with E-state index in [0.717, 1.165) is 103 Å². The number of unbranched alkanes of at least 4 members (excludes halogenated alkanes) is 56. The first kappa shape index (κ1) is 103. The van der Waals surface area contributed by atoms with Crippen molar-refractivity contribution in [2.75, 3.05) is 39.6 Å². The molecule has 0 aliphatic rings. The molecule has 0 aliphatic carbocycles. The second-order valence-electron chi connectivity index (χ2n) is 30.2. The fraction of sp³-hybridized carbons (Fsp3) is 0.907. The number of esters is 4. The minimum Gasteiger partial charge on any atom is -0.462 e. The zero-order valence-electron chi connectivity index (χ0n) is 68.2. The molecule has 0 saturated carbocycles. The molecule has 620 valence electrons. The smallest absolute Gasteiger partial charge is 0.462 e. The Kier molecular flexibility index (Phi) is 77.8. The van der Waals surface area contributed by atoms with Crippen molar-refractivity contribution in [2.45, 2.75) is 463 Å². The molecule has 0 spiro atoms. The van der Waals surface area contributed by atoms with E-state index < -0.39 is 97.5 Å². The minimum atomic E-state index is -4.97. The van der Waals surface area contributed by atoms with Crippen molar-refractivity contribution >= 4 is 39.5 Å². The zero-order chi connectivity index (χ0) is 76.7. The summed E-state index contributed by atoms with van der Waals surface area (Å²) in [5.41, 5.74) is 0. The summed E-state index contributed by atoms with van der Waals surface area (Å²) < 4.78 is 68.9.